The van der Waals surface area contributed by atoms with Gasteiger partial charge >= 0.3 is 0 Å². The molecule has 0 aliphatic carbocycles. The quantitative estimate of drug-likeness (QED) is 0.452. The normalized spacial score (nSPS) is 11.8. The van der Waals surface area contributed by atoms with E-state index in [1.165, 1.54) is 0 Å². The Kier molecular flexibility index (Phi) is 3.58. The van der Waals surface area contributed by atoms with Crippen LogP contribution in [0.15, 0.2) is 29.4 Å². The molecule has 1 rings (SSSR count). The molecule has 0 aromatic heterocycles. The molecule has 1 aromatic carbocycles. The van der Waals surface area contributed by atoms with E-state index >= 15 is 0 Å². The van der Waals surface area contributed by atoms with E-state index in [1.807, 2.05) is 0 Å². The van der Waals surface area contributed by atoms with Gasteiger partial charge in [0.15, 0.2) is 0 Å². The van der Waals surface area contributed by atoms with Crippen molar-refractivity contribution in [2.24, 2.45) is 5.11 Å². The molecule has 0 saturated heterocycles. The van der Waals surface area contributed by atoms with Gasteiger partial charge in [0.1, 0.15) is 0 Å². The molecule has 5 heteroatoms. The number of aliphatic hydroxyl groups is 1. The van der Waals surface area contributed by atoms with Crippen molar-refractivity contribution in [2.45, 2.75) is 6.04 Å². The number of rotatable bonds is 3. The van der Waals surface area contributed by atoms with E-state index < -0.39 is 6.04 Å². The van der Waals surface area contributed by atoms with Gasteiger partial charge in [0.05, 0.1) is 12.6 Å². The van der Waals surface area contributed by atoms with Crippen LogP contribution in [-0.2, 0) is 0 Å². The van der Waals surface area contributed by atoms with Crippen LogP contribution < -0.4 is 0 Å². The van der Waals surface area contributed by atoms with E-state index in [0.29, 0.717) is 10.6 Å². The van der Waals surface area contributed by atoms with Crippen molar-refractivity contribution in [3.63, 3.8) is 0 Å². The van der Waals surface area contributed by atoms with E-state index in [9.17, 15) is 0 Å². The zero-order valence-electron chi connectivity index (χ0n) is 6.76. The van der Waals surface area contributed by atoms with Crippen molar-refractivity contribution in [1.29, 1.82) is 0 Å². The number of hydrogen-bond donors (Lipinski definition) is 1. The molecule has 0 fully saturated rings. The molecule has 0 saturated carbocycles. The van der Waals surface area contributed by atoms with Crippen molar-refractivity contribution in [3.8, 4) is 0 Å². The Labute approximate surface area is 80.4 Å². The molecule has 4 nitrogen and oxygen atoms in total. The molecule has 0 aliphatic heterocycles. The predicted molar refractivity (Wildman–Crippen MR) is 50.4 cm³/mol. The minimum Gasteiger partial charge on any atom is -0.396 e. The third kappa shape index (κ3) is 2.36. The summed E-state index contributed by atoms with van der Waals surface area (Å²) >= 11 is 5.84. The molecule has 0 amide bonds. The smallest absolute Gasteiger partial charge is 0.0870 e. The minimum absolute atomic E-state index is 0.242. The molecule has 1 aromatic rings. The zero-order chi connectivity index (χ0) is 9.68. The Balaban J connectivity index is 3.04. The van der Waals surface area contributed by atoms with Gasteiger partial charge in [-0.2, -0.15) is 0 Å². The summed E-state index contributed by atoms with van der Waals surface area (Å²) in [6.07, 6.45) is 0. The molecule has 0 radical (unpaired) electrons. The second-order valence-electron chi connectivity index (χ2n) is 2.42. The first kappa shape index (κ1) is 9.86. The van der Waals surface area contributed by atoms with Gasteiger partial charge in [-0.15, -0.1) is 0 Å². The van der Waals surface area contributed by atoms with E-state index in [2.05, 4.69) is 10.0 Å². The zero-order valence-corrected chi connectivity index (χ0v) is 7.52. The maximum atomic E-state index is 8.91. The van der Waals surface area contributed by atoms with Crippen LogP contribution in [0.2, 0.25) is 5.02 Å². The van der Waals surface area contributed by atoms with Gasteiger partial charge < -0.3 is 5.11 Å². The molecule has 0 heterocycles. The van der Waals surface area contributed by atoms with Gasteiger partial charge in [-0.25, -0.2) is 0 Å². The highest BCUT2D eigenvalue weighted by Crippen LogP contribution is 2.24. The highest BCUT2D eigenvalue weighted by atomic mass is 35.5. The fourth-order valence-electron chi connectivity index (χ4n) is 1.00. The van der Waals surface area contributed by atoms with Crippen LogP contribution in [0.3, 0.4) is 0 Å². The Hall–Kier alpha value is -1.22. The van der Waals surface area contributed by atoms with Crippen LogP contribution >= 0.6 is 11.6 Å². The standard InChI is InChI=1S/C8H8ClN3O/c9-7-4-2-1-3-6(7)8(5-13)11-12-10/h1-4,8,13H,5H2. The molecule has 1 unspecified atom stereocenters. The van der Waals surface area contributed by atoms with Crippen molar-refractivity contribution in [2.75, 3.05) is 6.61 Å². The highest BCUT2D eigenvalue weighted by molar-refractivity contribution is 6.31. The molecular formula is C8H8ClN3O. The summed E-state index contributed by atoms with van der Waals surface area (Å²) in [5.74, 6) is 0. The predicted octanol–water partition coefficient (Wildman–Crippen LogP) is 2.68. The van der Waals surface area contributed by atoms with Gasteiger partial charge in [-0.3, -0.25) is 0 Å². The van der Waals surface area contributed by atoms with Crippen LogP contribution in [0.5, 0.6) is 0 Å². The Morgan fingerprint density at radius 1 is 1.54 bits per heavy atom. The Morgan fingerprint density at radius 2 is 2.23 bits per heavy atom. The van der Waals surface area contributed by atoms with Crippen LogP contribution in [-0.4, -0.2) is 11.7 Å². The third-order valence-corrected chi connectivity index (χ3v) is 1.97. The Bertz CT molecular complexity index is 336. The number of azide groups is 1. The average molecular weight is 198 g/mol. The van der Waals surface area contributed by atoms with Crippen LogP contribution in [0, 0.1) is 0 Å². The Morgan fingerprint density at radius 3 is 2.77 bits per heavy atom. The van der Waals surface area contributed by atoms with E-state index in [1.54, 1.807) is 24.3 Å². The number of aliphatic hydroxyl groups excluding tert-OH is 1. The fraction of sp³-hybridized carbons (Fsp3) is 0.250. The maximum absolute atomic E-state index is 8.91. The van der Waals surface area contributed by atoms with Crippen molar-refractivity contribution in [1.82, 2.24) is 0 Å². The van der Waals surface area contributed by atoms with Gasteiger partial charge in [0, 0.05) is 9.93 Å². The summed E-state index contributed by atoms with van der Waals surface area (Å²) in [5.41, 5.74) is 8.87. The monoisotopic (exact) mass is 197 g/mol. The number of halogens is 1. The summed E-state index contributed by atoms with van der Waals surface area (Å²) in [5, 5.41) is 12.8. The highest BCUT2D eigenvalue weighted by Gasteiger charge is 2.10. The van der Waals surface area contributed by atoms with Gasteiger partial charge in [0.25, 0.3) is 0 Å². The summed E-state index contributed by atoms with van der Waals surface area (Å²) in [6.45, 7) is -0.242. The van der Waals surface area contributed by atoms with Crippen molar-refractivity contribution in [3.05, 3.63) is 45.3 Å². The van der Waals surface area contributed by atoms with Gasteiger partial charge in [-0.1, -0.05) is 34.9 Å². The SMILES string of the molecule is [N-]=[N+]=NC(CO)c1ccccc1Cl. The molecule has 1 N–H and O–H groups in total. The average Bonchev–Trinajstić information content (AvgIpc) is 2.16. The van der Waals surface area contributed by atoms with Crippen LogP contribution in [0.4, 0.5) is 0 Å². The first-order valence-corrected chi connectivity index (χ1v) is 4.07. The minimum atomic E-state index is -0.598. The summed E-state index contributed by atoms with van der Waals surface area (Å²) in [6, 6.07) is 6.36. The third-order valence-electron chi connectivity index (χ3n) is 1.63. The van der Waals surface area contributed by atoms with Crippen molar-refractivity contribution < 1.29 is 5.11 Å². The first-order chi connectivity index (χ1) is 6.29. The van der Waals surface area contributed by atoms with E-state index in [-0.39, 0.29) is 6.61 Å². The molecule has 68 valence electrons. The van der Waals surface area contributed by atoms with E-state index in [4.69, 9.17) is 22.2 Å². The molecule has 0 bridgehead atoms. The lowest BCUT2D eigenvalue weighted by molar-refractivity contribution is 0.268. The number of hydrogen-bond acceptors (Lipinski definition) is 2. The molecular weight excluding hydrogens is 190 g/mol. The van der Waals surface area contributed by atoms with E-state index in [0.717, 1.165) is 0 Å². The van der Waals surface area contributed by atoms with Gasteiger partial charge in [-0.05, 0) is 17.2 Å². The van der Waals surface area contributed by atoms with Crippen LogP contribution in [0.25, 0.3) is 10.4 Å². The molecule has 13 heavy (non-hydrogen) atoms. The van der Waals surface area contributed by atoms with Gasteiger partial charge in [0.2, 0.25) is 0 Å². The summed E-state index contributed by atoms with van der Waals surface area (Å²) in [7, 11) is 0. The molecule has 0 aliphatic rings. The topological polar surface area (TPSA) is 69.0 Å². The number of benzene rings is 1. The lowest BCUT2D eigenvalue weighted by Gasteiger charge is -2.08. The van der Waals surface area contributed by atoms with Crippen molar-refractivity contribution >= 4 is 11.6 Å². The molecule has 0 spiro atoms. The molecule has 1 atom stereocenters. The summed E-state index contributed by atoms with van der Waals surface area (Å²) < 4.78 is 0. The summed E-state index contributed by atoms with van der Waals surface area (Å²) in [4.78, 5) is 2.63. The lowest BCUT2D eigenvalue weighted by Crippen LogP contribution is -2.00. The van der Waals surface area contributed by atoms with Crippen LogP contribution in [0.1, 0.15) is 11.6 Å². The maximum Gasteiger partial charge on any atom is 0.0870 e. The first-order valence-electron chi connectivity index (χ1n) is 3.69. The fourth-order valence-corrected chi connectivity index (χ4v) is 1.27. The largest absolute Gasteiger partial charge is 0.396 e. The second kappa shape index (κ2) is 4.72. The second-order valence-corrected chi connectivity index (χ2v) is 2.83. The lowest BCUT2D eigenvalue weighted by atomic mass is 10.1. The number of nitrogens with zero attached hydrogens (tertiary/aromatic N) is 3.